The average molecular weight is 364 g/mol. The van der Waals surface area contributed by atoms with Crippen LogP contribution in [0.2, 0.25) is 5.15 Å². The summed E-state index contributed by atoms with van der Waals surface area (Å²) in [4.78, 5) is 26.5. The second-order valence-electron chi connectivity index (χ2n) is 7.48. The van der Waals surface area contributed by atoms with Crippen molar-refractivity contribution in [1.82, 2.24) is 20.3 Å². The van der Waals surface area contributed by atoms with Crippen LogP contribution in [-0.4, -0.2) is 45.3 Å². The van der Waals surface area contributed by atoms with Gasteiger partial charge in [0.2, 0.25) is 0 Å². The Morgan fingerprint density at radius 1 is 1.40 bits per heavy atom. The first-order valence-electron chi connectivity index (χ1n) is 8.27. The van der Waals surface area contributed by atoms with Crippen LogP contribution in [0.4, 0.5) is 10.6 Å². The van der Waals surface area contributed by atoms with E-state index in [4.69, 9.17) is 11.6 Å². The number of carboxylic acid groups (broad SMARTS) is 1. The Labute approximate surface area is 151 Å². The molecule has 134 valence electrons. The maximum atomic E-state index is 11.2. The summed E-state index contributed by atoms with van der Waals surface area (Å²) in [7, 11) is 0. The third-order valence-electron chi connectivity index (χ3n) is 4.61. The number of hydrogen-bond donors (Lipinski definition) is 2. The summed E-state index contributed by atoms with van der Waals surface area (Å²) in [6, 6.07) is 1.55. The number of pyridine rings is 1. The number of nitrogens with one attached hydrogen (secondary N) is 1. The van der Waals surface area contributed by atoms with Gasteiger partial charge < -0.3 is 15.3 Å². The molecular formula is C17H22ClN5O2. The summed E-state index contributed by atoms with van der Waals surface area (Å²) in [6.07, 6.45) is 3.15. The highest BCUT2D eigenvalue weighted by Gasteiger charge is 2.38. The van der Waals surface area contributed by atoms with Gasteiger partial charge in [-0.1, -0.05) is 32.4 Å². The van der Waals surface area contributed by atoms with Crippen LogP contribution in [-0.2, 0) is 0 Å². The fraction of sp³-hybridized carbons (Fsp3) is 0.529. The van der Waals surface area contributed by atoms with E-state index in [-0.39, 0.29) is 17.4 Å². The number of fused-ring (bicyclic) bond motifs is 1. The largest absolute Gasteiger partial charge is 0.465 e. The van der Waals surface area contributed by atoms with Crippen LogP contribution in [0.25, 0.3) is 11.0 Å². The number of carbonyl (C=O) groups is 1. The molecule has 1 amide bonds. The highest BCUT2D eigenvalue weighted by atomic mass is 35.5. The molecule has 0 saturated carbocycles. The molecule has 0 aliphatic carbocycles. The number of halogens is 1. The van der Waals surface area contributed by atoms with E-state index in [1.54, 1.807) is 18.5 Å². The van der Waals surface area contributed by atoms with Gasteiger partial charge in [0, 0.05) is 37.6 Å². The zero-order chi connectivity index (χ0) is 18.2. The van der Waals surface area contributed by atoms with Crippen molar-refractivity contribution in [3.05, 3.63) is 23.6 Å². The molecule has 7 nitrogen and oxygen atoms in total. The van der Waals surface area contributed by atoms with Gasteiger partial charge in [-0.05, 0) is 17.8 Å². The maximum Gasteiger partial charge on any atom is 0.404 e. The van der Waals surface area contributed by atoms with Crippen molar-refractivity contribution < 1.29 is 9.90 Å². The van der Waals surface area contributed by atoms with Crippen molar-refractivity contribution >= 4 is 34.5 Å². The van der Waals surface area contributed by atoms with Crippen LogP contribution < -0.4 is 10.2 Å². The molecule has 3 heterocycles. The molecule has 1 fully saturated rings. The van der Waals surface area contributed by atoms with Gasteiger partial charge >= 0.3 is 6.09 Å². The van der Waals surface area contributed by atoms with Crippen molar-refractivity contribution in [3.63, 3.8) is 0 Å². The SMILES string of the molecule is CC(C)(C)C(NC(=O)O)C1CCN(c2nc(Cl)cc3nccnc23)C1. The van der Waals surface area contributed by atoms with E-state index >= 15 is 0 Å². The molecule has 0 spiro atoms. The minimum absolute atomic E-state index is 0.147. The smallest absolute Gasteiger partial charge is 0.404 e. The Kier molecular flexibility index (Phi) is 4.69. The summed E-state index contributed by atoms with van der Waals surface area (Å²) in [5.74, 6) is 0.893. The molecule has 1 saturated heterocycles. The second kappa shape index (κ2) is 6.63. The fourth-order valence-corrected chi connectivity index (χ4v) is 3.76. The van der Waals surface area contributed by atoms with Gasteiger partial charge in [0.1, 0.15) is 10.7 Å². The number of hydrogen-bond acceptors (Lipinski definition) is 5. The molecule has 2 unspecified atom stereocenters. The van der Waals surface area contributed by atoms with Crippen molar-refractivity contribution in [1.29, 1.82) is 0 Å². The first-order chi connectivity index (χ1) is 11.8. The summed E-state index contributed by atoms with van der Waals surface area (Å²) in [5, 5.41) is 12.3. The van der Waals surface area contributed by atoms with E-state index in [0.717, 1.165) is 13.0 Å². The molecule has 0 radical (unpaired) electrons. The molecule has 2 atom stereocenters. The predicted molar refractivity (Wildman–Crippen MR) is 97.1 cm³/mol. The van der Waals surface area contributed by atoms with Crippen molar-refractivity contribution in [2.75, 3.05) is 18.0 Å². The van der Waals surface area contributed by atoms with Crippen LogP contribution in [0.5, 0.6) is 0 Å². The lowest BCUT2D eigenvalue weighted by molar-refractivity contribution is 0.157. The van der Waals surface area contributed by atoms with Gasteiger partial charge in [0.15, 0.2) is 5.82 Å². The number of rotatable bonds is 3. The Bertz CT molecular complexity index is 792. The molecule has 0 aromatic carbocycles. The van der Waals surface area contributed by atoms with Crippen molar-refractivity contribution in [3.8, 4) is 0 Å². The minimum Gasteiger partial charge on any atom is -0.465 e. The van der Waals surface area contributed by atoms with Crippen LogP contribution in [0, 0.1) is 11.3 Å². The second-order valence-corrected chi connectivity index (χ2v) is 7.87. The summed E-state index contributed by atoms with van der Waals surface area (Å²) in [6.45, 7) is 7.62. The molecule has 2 N–H and O–H groups in total. The highest BCUT2D eigenvalue weighted by molar-refractivity contribution is 6.30. The topological polar surface area (TPSA) is 91.2 Å². The summed E-state index contributed by atoms with van der Waals surface area (Å²) >= 11 is 6.15. The quantitative estimate of drug-likeness (QED) is 0.814. The van der Waals surface area contributed by atoms with E-state index in [0.29, 0.717) is 28.5 Å². The van der Waals surface area contributed by atoms with Gasteiger partial charge in [-0.3, -0.25) is 4.98 Å². The van der Waals surface area contributed by atoms with E-state index in [1.165, 1.54) is 0 Å². The normalized spacial score (nSPS) is 19.2. The number of anilines is 1. The van der Waals surface area contributed by atoms with E-state index in [9.17, 15) is 9.90 Å². The lowest BCUT2D eigenvalue weighted by Crippen LogP contribution is -2.49. The molecule has 2 aromatic rings. The van der Waals surface area contributed by atoms with Gasteiger partial charge in [-0.2, -0.15) is 0 Å². The van der Waals surface area contributed by atoms with Crippen LogP contribution >= 0.6 is 11.6 Å². The lowest BCUT2D eigenvalue weighted by Gasteiger charge is -2.35. The number of nitrogens with zero attached hydrogens (tertiary/aromatic N) is 4. The van der Waals surface area contributed by atoms with Gasteiger partial charge in [-0.25, -0.2) is 14.8 Å². The fourth-order valence-electron chi connectivity index (χ4n) is 3.57. The van der Waals surface area contributed by atoms with E-state index < -0.39 is 6.09 Å². The minimum atomic E-state index is -0.990. The summed E-state index contributed by atoms with van der Waals surface area (Å²) in [5.41, 5.74) is 1.24. The zero-order valence-corrected chi connectivity index (χ0v) is 15.3. The molecular weight excluding hydrogens is 342 g/mol. The molecule has 2 aromatic heterocycles. The molecule has 3 rings (SSSR count). The third kappa shape index (κ3) is 3.76. The first kappa shape index (κ1) is 17.7. The molecule has 1 aliphatic heterocycles. The third-order valence-corrected chi connectivity index (χ3v) is 4.81. The monoisotopic (exact) mass is 363 g/mol. The van der Waals surface area contributed by atoms with Crippen LogP contribution in [0.3, 0.4) is 0 Å². The van der Waals surface area contributed by atoms with Crippen molar-refractivity contribution in [2.24, 2.45) is 11.3 Å². The van der Waals surface area contributed by atoms with E-state index in [1.807, 2.05) is 0 Å². The Balaban J connectivity index is 1.89. The molecule has 8 heteroatoms. The molecule has 0 bridgehead atoms. The maximum absolute atomic E-state index is 11.2. The highest BCUT2D eigenvalue weighted by Crippen LogP contribution is 2.34. The Morgan fingerprint density at radius 3 is 2.80 bits per heavy atom. The van der Waals surface area contributed by atoms with E-state index in [2.05, 4.69) is 45.9 Å². The first-order valence-corrected chi connectivity index (χ1v) is 8.65. The zero-order valence-electron chi connectivity index (χ0n) is 14.5. The van der Waals surface area contributed by atoms with Crippen LogP contribution in [0.1, 0.15) is 27.2 Å². The molecule has 1 aliphatic rings. The van der Waals surface area contributed by atoms with Crippen LogP contribution in [0.15, 0.2) is 18.5 Å². The number of aromatic nitrogens is 3. The Hall–Kier alpha value is -2.15. The average Bonchev–Trinajstić information content (AvgIpc) is 2.99. The molecule has 25 heavy (non-hydrogen) atoms. The van der Waals surface area contributed by atoms with Gasteiger partial charge in [0.25, 0.3) is 0 Å². The van der Waals surface area contributed by atoms with Crippen molar-refractivity contribution in [2.45, 2.75) is 33.2 Å². The van der Waals surface area contributed by atoms with Gasteiger partial charge in [-0.15, -0.1) is 0 Å². The number of amides is 1. The summed E-state index contributed by atoms with van der Waals surface area (Å²) < 4.78 is 0. The lowest BCUT2D eigenvalue weighted by atomic mass is 9.78. The van der Waals surface area contributed by atoms with Gasteiger partial charge in [0.05, 0.1) is 5.52 Å². The Morgan fingerprint density at radius 2 is 2.12 bits per heavy atom. The standard InChI is InChI=1S/C17H22ClN5O2/c1-17(2,3)14(22-16(24)25)10-4-7-23(9-10)15-13-11(8-12(18)21-15)19-5-6-20-13/h5-6,8,10,14,22H,4,7,9H2,1-3H3,(H,24,25). The predicted octanol–water partition coefficient (Wildman–Crippen LogP) is 3.19.